The zero-order valence-electron chi connectivity index (χ0n) is 22.3. The van der Waals surface area contributed by atoms with Crippen molar-refractivity contribution in [2.24, 2.45) is 5.41 Å². The van der Waals surface area contributed by atoms with Crippen molar-refractivity contribution < 1.29 is 23.9 Å². The molecule has 3 N–H and O–H groups in total. The second-order valence-electron chi connectivity index (χ2n) is 9.93. The fraction of sp³-hybridized carbons (Fsp3) is 0.448. The lowest BCUT2D eigenvalue weighted by atomic mass is 9.79. The Morgan fingerprint density at radius 1 is 0.974 bits per heavy atom. The van der Waals surface area contributed by atoms with E-state index in [-0.39, 0.29) is 33.8 Å². The molecule has 1 aliphatic carbocycles. The molecule has 0 spiro atoms. The first-order valence-corrected chi connectivity index (χ1v) is 13.9. The van der Waals surface area contributed by atoms with Crippen molar-refractivity contribution in [1.29, 1.82) is 0 Å². The van der Waals surface area contributed by atoms with Gasteiger partial charge in [-0.3, -0.25) is 14.4 Å². The maximum absolute atomic E-state index is 13.5. The van der Waals surface area contributed by atoms with E-state index >= 15 is 0 Å². The maximum atomic E-state index is 13.5. The third kappa shape index (κ3) is 8.44. The first-order chi connectivity index (χ1) is 18.6. The van der Waals surface area contributed by atoms with Gasteiger partial charge < -0.3 is 20.7 Å². The van der Waals surface area contributed by atoms with E-state index in [2.05, 4.69) is 16.0 Å². The van der Waals surface area contributed by atoms with Crippen LogP contribution in [0.3, 0.4) is 0 Å². The lowest BCUT2D eigenvalue weighted by Gasteiger charge is -2.30. The molecule has 8 nitrogen and oxygen atoms in total. The van der Waals surface area contributed by atoms with Gasteiger partial charge in [-0.1, -0.05) is 60.7 Å². The standard InChI is InChI=1S/C29H35Cl2N3O5/c1-19(35)32-17-6-5-16-29(14-3-4-15-29)28(38)34-24(27(37)39-2)18-20-10-12-21(13-11-20)33-26(36)25-22(30)8-7-9-23(25)31/h7-13,24H,3-6,14-18H2,1-2H3,(H,32,35)(H,33,36)(H,34,38)/t24-/m0/s1. The van der Waals surface area contributed by atoms with Crippen LogP contribution in [0.5, 0.6) is 0 Å². The summed E-state index contributed by atoms with van der Waals surface area (Å²) < 4.78 is 4.99. The molecule has 0 aliphatic heterocycles. The summed E-state index contributed by atoms with van der Waals surface area (Å²) in [7, 11) is 1.30. The molecule has 1 atom stereocenters. The highest BCUT2D eigenvalue weighted by atomic mass is 35.5. The van der Waals surface area contributed by atoms with Crippen LogP contribution in [0.25, 0.3) is 0 Å². The molecule has 39 heavy (non-hydrogen) atoms. The van der Waals surface area contributed by atoms with E-state index in [1.54, 1.807) is 42.5 Å². The second kappa shape index (κ2) is 14.3. The normalized spacial score (nSPS) is 14.8. The molecule has 2 aromatic rings. The quantitative estimate of drug-likeness (QED) is 0.234. The van der Waals surface area contributed by atoms with E-state index in [1.807, 2.05) is 0 Å². The molecule has 10 heteroatoms. The summed E-state index contributed by atoms with van der Waals surface area (Å²) in [6.07, 6.45) is 6.03. The van der Waals surface area contributed by atoms with Crippen molar-refractivity contribution in [3.8, 4) is 0 Å². The van der Waals surface area contributed by atoms with Gasteiger partial charge in [0.15, 0.2) is 0 Å². The number of methoxy groups -OCH3 is 1. The van der Waals surface area contributed by atoms with Gasteiger partial charge in [-0.25, -0.2) is 4.79 Å². The number of nitrogens with one attached hydrogen (secondary N) is 3. The molecule has 1 saturated carbocycles. The second-order valence-corrected chi connectivity index (χ2v) is 10.7. The Bertz CT molecular complexity index is 1160. The summed E-state index contributed by atoms with van der Waals surface area (Å²) in [6.45, 7) is 2.07. The number of anilines is 1. The van der Waals surface area contributed by atoms with E-state index in [0.717, 1.165) is 44.1 Å². The van der Waals surface area contributed by atoms with Crippen molar-refractivity contribution in [3.05, 3.63) is 63.6 Å². The van der Waals surface area contributed by atoms with E-state index in [4.69, 9.17) is 27.9 Å². The van der Waals surface area contributed by atoms with Crippen molar-refractivity contribution in [1.82, 2.24) is 10.6 Å². The molecule has 0 saturated heterocycles. The molecule has 0 unspecified atom stereocenters. The number of carbonyl (C=O) groups excluding carboxylic acids is 4. The summed E-state index contributed by atoms with van der Waals surface area (Å²) >= 11 is 12.3. The van der Waals surface area contributed by atoms with Gasteiger partial charge in [0.05, 0.1) is 22.7 Å². The monoisotopic (exact) mass is 575 g/mol. The highest BCUT2D eigenvalue weighted by Gasteiger charge is 2.41. The number of unbranched alkanes of at least 4 members (excludes halogenated alkanes) is 1. The zero-order valence-corrected chi connectivity index (χ0v) is 23.8. The lowest BCUT2D eigenvalue weighted by Crippen LogP contribution is -2.49. The number of esters is 1. The number of amides is 3. The molecular weight excluding hydrogens is 541 g/mol. The van der Waals surface area contributed by atoms with E-state index in [9.17, 15) is 19.2 Å². The molecule has 1 aliphatic rings. The molecule has 3 amide bonds. The summed E-state index contributed by atoms with van der Waals surface area (Å²) in [4.78, 5) is 49.8. The molecule has 0 radical (unpaired) electrons. The minimum Gasteiger partial charge on any atom is -0.467 e. The summed E-state index contributed by atoms with van der Waals surface area (Å²) in [6, 6.07) is 11.0. The number of ether oxygens (including phenoxy) is 1. The number of carbonyl (C=O) groups is 4. The molecule has 0 aromatic heterocycles. The van der Waals surface area contributed by atoms with Crippen molar-refractivity contribution in [2.45, 2.75) is 64.3 Å². The Hall–Kier alpha value is -3.10. The maximum Gasteiger partial charge on any atom is 0.328 e. The summed E-state index contributed by atoms with van der Waals surface area (Å²) in [5.41, 5.74) is 0.989. The Morgan fingerprint density at radius 3 is 2.21 bits per heavy atom. The third-order valence-electron chi connectivity index (χ3n) is 7.13. The highest BCUT2D eigenvalue weighted by molar-refractivity contribution is 6.40. The lowest BCUT2D eigenvalue weighted by molar-refractivity contribution is -0.146. The predicted octanol–water partition coefficient (Wildman–Crippen LogP) is 5.31. The summed E-state index contributed by atoms with van der Waals surface area (Å²) in [5.74, 6) is -1.15. The SMILES string of the molecule is COC(=O)[C@H](Cc1ccc(NC(=O)c2c(Cl)cccc2Cl)cc1)NC(=O)C1(CCCCNC(C)=O)CCCC1. The first-order valence-electron chi connectivity index (χ1n) is 13.1. The Morgan fingerprint density at radius 2 is 1.62 bits per heavy atom. The van der Waals surface area contributed by atoms with Crippen LogP contribution in [0.15, 0.2) is 42.5 Å². The van der Waals surface area contributed by atoms with Crippen LogP contribution in [0.4, 0.5) is 5.69 Å². The molecule has 3 rings (SSSR count). The molecule has 0 heterocycles. The average Bonchev–Trinajstić information content (AvgIpc) is 3.38. The Labute approximate surface area is 239 Å². The predicted molar refractivity (Wildman–Crippen MR) is 152 cm³/mol. The molecule has 1 fully saturated rings. The fourth-order valence-corrected chi connectivity index (χ4v) is 5.58. The number of halogens is 2. The minimum absolute atomic E-state index is 0.0651. The van der Waals surface area contributed by atoms with E-state index in [1.165, 1.54) is 14.0 Å². The van der Waals surface area contributed by atoms with Gasteiger partial charge in [0.25, 0.3) is 5.91 Å². The van der Waals surface area contributed by atoms with Crippen molar-refractivity contribution >= 4 is 52.6 Å². The van der Waals surface area contributed by atoms with Gasteiger partial charge in [-0.05, 0) is 55.5 Å². The third-order valence-corrected chi connectivity index (χ3v) is 7.76. The molecular formula is C29H35Cl2N3O5. The number of hydrogen-bond donors (Lipinski definition) is 3. The Balaban J connectivity index is 1.64. The molecule has 2 aromatic carbocycles. The smallest absolute Gasteiger partial charge is 0.328 e. The molecule has 0 bridgehead atoms. The molecule has 210 valence electrons. The van der Waals surface area contributed by atoms with Crippen molar-refractivity contribution in [2.75, 3.05) is 19.0 Å². The van der Waals surface area contributed by atoms with Gasteiger partial charge in [0.1, 0.15) is 6.04 Å². The number of benzene rings is 2. The van der Waals surface area contributed by atoms with Gasteiger partial charge in [0.2, 0.25) is 11.8 Å². The fourth-order valence-electron chi connectivity index (χ4n) is 5.01. The van der Waals surface area contributed by atoms with Gasteiger partial charge in [-0.2, -0.15) is 0 Å². The minimum atomic E-state index is -0.846. The van der Waals surface area contributed by atoms with Crippen LogP contribution in [-0.2, 0) is 25.5 Å². The van der Waals surface area contributed by atoms with Crippen LogP contribution in [-0.4, -0.2) is 43.4 Å². The van der Waals surface area contributed by atoms with Crippen LogP contribution < -0.4 is 16.0 Å². The Kier molecular flexibility index (Phi) is 11.2. The van der Waals surface area contributed by atoms with Crippen LogP contribution in [0.2, 0.25) is 10.0 Å². The van der Waals surface area contributed by atoms with E-state index in [0.29, 0.717) is 18.7 Å². The van der Waals surface area contributed by atoms with Crippen LogP contribution >= 0.6 is 23.2 Å². The average molecular weight is 577 g/mol. The number of rotatable bonds is 12. The van der Waals surface area contributed by atoms with Gasteiger partial charge in [-0.15, -0.1) is 0 Å². The first kappa shape index (κ1) is 30.4. The van der Waals surface area contributed by atoms with Gasteiger partial charge in [0, 0.05) is 31.0 Å². The van der Waals surface area contributed by atoms with Gasteiger partial charge >= 0.3 is 5.97 Å². The highest BCUT2D eigenvalue weighted by Crippen LogP contribution is 2.42. The topological polar surface area (TPSA) is 114 Å². The number of hydrogen-bond acceptors (Lipinski definition) is 5. The zero-order chi connectivity index (χ0) is 28.4. The largest absolute Gasteiger partial charge is 0.467 e. The van der Waals surface area contributed by atoms with Crippen LogP contribution in [0.1, 0.15) is 67.8 Å². The van der Waals surface area contributed by atoms with Crippen molar-refractivity contribution in [3.63, 3.8) is 0 Å². The summed E-state index contributed by atoms with van der Waals surface area (Å²) in [5, 5.41) is 9.02. The van der Waals surface area contributed by atoms with E-state index < -0.39 is 23.3 Å². The van der Waals surface area contributed by atoms with Crippen LogP contribution in [0, 0.1) is 5.41 Å².